The molecule has 0 spiro atoms. The van der Waals surface area contributed by atoms with Gasteiger partial charge in [0.25, 0.3) is 0 Å². The summed E-state index contributed by atoms with van der Waals surface area (Å²) < 4.78 is 0. The summed E-state index contributed by atoms with van der Waals surface area (Å²) in [7, 11) is 0. The first-order chi connectivity index (χ1) is 20.4. The average molecular weight is 558 g/mol. The Morgan fingerprint density at radius 3 is 2.26 bits per heavy atom. The summed E-state index contributed by atoms with van der Waals surface area (Å²) in [6.07, 6.45) is 4.23. The third-order valence-electron chi connectivity index (χ3n) is 9.99. The highest BCUT2D eigenvalue weighted by molar-refractivity contribution is 6.31. The fourth-order valence-corrected chi connectivity index (χ4v) is 8.33. The molecule has 1 saturated heterocycles. The molecule has 210 valence electrons. The summed E-state index contributed by atoms with van der Waals surface area (Å²) >= 11 is 0. The molecule has 1 aliphatic heterocycles. The molecule has 3 aromatic rings. The Hall–Kier alpha value is -4.58. The number of benzene rings is 3. The number of carbonyl (C=O) groups excluding carboxylic acids is 4. The average Bonchev–Trinajstić information content (AvgIpc) is 3.27. The summed E-state index contributed by atoms with van der Waals surface area (Å²) in [5.74, 6) is -3.44. The van der Waals surface area contributed by atoms with Gasteiger partial charge in [0.2, 0.25) is 11.8 Å². The number of phenols is 1. The van der Waals surface area contributed by atoms with E-state index in [0.717, 1.165) is 11.1 Å². The van der Waals surface area contributed by atoms with Crippen molar-refractivity contribution in [2.75, 3.05) is 6.54 Å². The Morgan fingerprint density at radius 2 is 1.57 bits per heavy atom. The Balaban J connectivity index is 1.51. The molecule has 1 saturated carbocycles. The third-order valence-corrected chi connectivity index (χ3v) is 9.99. The molecule has 6 unspecified atom stereocenters. The number of likely N-dealkylation sites (tertiary alicyclic amines) is 1. The van der Waals surface area contributed by atoms with Crippen molar-refractivity contribution >= 4 is 29.0 Å². The third kappa shape index (κ3) is 3.57. The molecule has 7 rings (SSSR count). The number of ketones is 2. The van der Waals surface area contributed by atoms with Crippen LogP contribution in [-0.2, 0) is 24.6 Å². The number of phenolic OH excluding ortho intramolecular Hbond substituents is 1. The maximum absolute atomic E-state index is 14.8. The van der Waals surface area contributed by atoms with Crippen molar-refractivity contribution in [2.24, 2.45) is 23.7 Å². The van der Waals surface area contributed by atoms with Gasteiger partial charge in [-0.15, -0.1) is 0 Å². The van der Waals surface area contributed by atoms with Crippen molar-refractivity contribution in [3.05, 3.63) is 119 Å². The van der Waals surface area contributed by atoms with Crippen LogP contribution in [0.25, 0.3) is 5.57 Å². The fourth-order valence-electron chi connectivity index (χ4n) is 8.33. The highest BCUT2D eigenvalue weighted by Crippen LogP contribution is 2.63. The molecule has 3 aliphatic carbocycles. The van der Waals surface area contributed by atoms with Gasteiger partial charge in [-0.05, 0) is 60.6 Å². The Bertz CT molecular complexity index is 1690. The molecule has 4 aliphatic rings. The van der Waals surface area contributed by atoms with Gasteiger partial charge >= 0.3 is 0 Å². The lowest BCUT2D eigenvalue weighted by Gasteiger charge is -2.55. The van der Waals surface area contributed by atoms with Crippen LogP contribution in [0.5, 0.6) is 5.75 Å². The van der Waals surface area contributed by atoms with E-state index in [0.29, 0.717) is 29.7 Å². The van der Waals surface area contributed by atoms with Gasteiger partial charge < -0.3 is 5.11 Å². The fraction of sp³-hybridized carbons (Fsp3) is 0.278. The van der Waals surface area contributed by atoms with Gasteiger partial charge in [0.15, 0.2) is 11.6 Å². The lowest BCUT2D eigenvalue weighted by atomic mass is 9.44. The van der Waals surface area contributed by atoms with Crippen molar-refractivity contribution in [1.29, 1.82) is 0 Å². The standard InChI is InChI=1S/C36H31NO5/c1-2-37-34(41)26-17-16-25-28(31(26)35(37)42)19-29-33(40)27(21-10-5-3-6-11-21)20-30(39)36(29,23-13-7-4-8-14-23)32(25)22-12-9-15-24(38)18-22/h3-16,18,20,26,28-29,31-32,38H,2,17,19H2,1H3. The number of allylic oxidation sites excluding steroid dienone is 4. The predicted octanol–water partition coefficient (Wildman–Crippen LogP) is 5.24. The van der Waals surface area contributed by atoms with E-state index < -0.39 is 35.0 Å². The molecule has 2 amide bonds. The van der Waals surface area contributed by atoms with E-state index in [4.69, 9.17) is 0 Å². The summed E-state index contributed by atoms with van der Waals surface area (Å²) in [6, 6.07) is 25.6. The van der Waals surface area contributed by atoms with Crippen molar-refractivity contribution in [2.45, 2.75) is 31.1 Å². The van der Waals surface area contributed by atoms with Crippen LogP contribution in [0.15, 0.2) is 103 Å². The number of fused-ring (bicyclic) bond motifs is 4. The predicted molar refractivity (Wildman–Crippen MR) is 157 cm³/mol. The van der Waals surface area contributed by atoms with Crippen molar-refractivity contribution in [1.82, 2.24) is 4.90 Å². The van der Waals surface area contributed by atoms with Crippen LogP contribution in [0.1, 0.15) is 42.4 Å². The van der Waals surface area contributed by atoms with E-state index in [9.17, 15) is 24.3 Å². The second-order valence-corrected chi connectivity index (χ2v) is 11.8. The second kappa shape index (κ2) is 9.76. The van der Waals surface area contributed by atoms with Crippen LogP contribution in [0.2, 0.25) is 0 Å². The van der Waals surface area contributed by atoms with E-state index in [1.54, 1.807) is 25.1 Å². The topological polar surface area (TPSA) is 91.8 Å². The summed E-state index contributed by atoms with van der Waals surface area (Å²) in [5, 5.41) is 10.6. The van der Waals surface area contributed by atoms with Crippen LogP contribution < -0.4 is 0 Å². The number of hydrogen-bond donors (Lipinski definition) is 1. The van der Waals surface area contributed by atoms with Gasteiger partial charge in [-0.25, -0.2) is 0 Å². The molecule has 1 N–H and O–H groups in total. The molecular weight excluding hydrogens is 526 g/mol. The first-order valence-corrected chi connectivity index (χ1v) is 14.6. The number of Topliss-reactive ketones (excluding diaryl/α,β-unsaturated/α-hetero) is 1. The first kappa shape index (κ1) is 26.3. The van der Waals surface area contributed by atoms with Crippen LogP contribution in [0.4, 0.5) is 0 Å². The number of hydrogen-bond acceptors (Lipinski definition) is 5. The van der Waals surface area contributed by atoms with Gasteiger partial charge in [-0.1, -0.05) is 84.4 Å². The lowest BCUT2D eigenvalue weighted by Crippen LogP contribution is -2.58. The summed E-state index contributed by atoms with van der Waals surface area (Å²) in [5.41, 5.74) is 2.11. The maximum atomic E-state index is 14.8. The zero-order chi connectivity index (χ0) is 29.2. The monoisotopic (exact) mass is 557 g/mol. The van der Waals surface area contributed by atoms with Gasteiger partial charge in [0.05, 0.1) is 17.3 Å². The van der Waals surface area contributed by atoms with Crippen molar-refractivity contribution < 1.29 is 24.3 Å². The Labute approximate surface area is 244 Å². The number of carbonyl (C=O) groups is 4. The van der Waals surface area contributed by atoms with Crippen molar-refractivity contribution in [3.63, 3.8) is 0 Å². The largest absolute Gasteiger partial charge is 0.508 e. The van der Waals surface area contributed by atoms with Crippen molar-refractivity contribution in [3.8, 4) is 5.75 Å². The zero-order valence-electron chi connectivity index (χ0n) is 23.3. The van der Waals surface area contributed by atoms with Gasteiger partial charge in [-0.2, -0.15) is 0 Å². The van der Waals surface area contributed by atoms with E-state index in [-0.39, 0.29) is 35.6 Å². The molecule has 6 nitrogen and oxygen atoms in total. The molecule has 2 fully saturated rings. The maximum Gasteiger partial charge on any atom is 0.233 e. The first-order valence-electron chi connectivity index (χ1n) is 14.6. The Morgan fingerprint density at radius 1 is 0.857 bits per heavy atom. The summed E-state index contributed by atoms with van der Waals surface area (Å²) in [4.78, 5) is 57.9. The number of imide groups is 1. The van der Waals surface area contributed by atoms with Crippen LogP contribution in [-0.4, -0.2) is 39.9 Å². The minimum absolute atomic E-state index is 0.0584. The van der Waals surface area contributed by atoms with Gasteiger partial charge in [0, 0.05) is 24.0 Å². The number of aromatic hydroxyl groups is 1. The highest BCUT2D eigenvalue weighted by atomic mass is 16.3. The molecule has 6 atom stereocenters. The van der Waals surface area contributed by atoms with Crippen LogP contribution >= 0.6 is 0 Å². The molecule has 1 heterocycles. The Kier molecular flexibility index (Phi) is 6.12. The normalized spacial score (nSPS) is 30.3. The molecule has 0 bridgehead atoms. The molecule has 42 heavy (non-hydrogen) atoms. The van der Waals surface area contributed by atoms with E-state index >= 15 is 0 Å². The zero-order valence-corrected chi connectivity index (χ0v) is 23.3. The minimum atomic E-state index is -1.28. The SMILES string of the molecule is CCN1C(=O)C2CC=C3C(CC4C(=O)C(c5ccccc5)=CC(=O)C4(c4ccccc4)C3c3cccc(O)c3)C2C1=O. The molecule has 3 aromatic carbocycles. The smallest absolute Gasteiger partial charge is 0.233 e. The molecule has 0 aromatic heterocycles. The van der Waals surface area contributed by atoms with Gasteiger partial charge in [0.1, 0.15) is 5.75 Å². The molecular formula is C36H31NO5. The van der Waals surface area contributed by atoms with E-state index in [1.165, 1.54) is 11.0 Å². The van der Waals surface area contributed by atoms with Crippen LogP contribution in [0.3, 0.4) is 0 Å². The second-order valence-electron chi connectivity index (χ2n) is 11.8. The quantitative estimate of drug-likeness (QED) is 0.350. The number of nitrogens with zero attached hydrogens (tertiary/aromatic N) is 1. The van der Waals surface area contributed by atoms with E-state index in [2.05, 4.69) is 0 Å². The minimum Gasteiger partial charge on any atom is -0.508 e. The number of rotatable bonds is 4. The molecule has 0 radical (unpaired) electrons. The lowest BCUT2D eigenvalue weighted by molar-refractivity contribution is -0.140. The summed E-state index contributed by atoms with van der Waals surface area (Å²) in [6.45, 7) is 2.11. The highest BCUT2D eigenvalue weighted by Gasteiger charge is 2.65. The number of amides is 2. The molecule has 6 heteroatoms. The van der Waals surface area contributed by atoms with E-state index in [1.807, 2.05) is 72.8 Å². The van der Waals surface area contributed by atoms with Crippen LogP contribution in [0, 0.1) is 23.7 Å². The van der Waals surface area contributed by atoms with Gasteiger partial charge in [-0.3, -0.25) is 24.1 Å².